The first-order valence-corrected chi connectivity index (χ1v) is 11.0. The van der Waals surface area contributed by atoms with Crippen molar-refractivity contribution < 1.29 is 4.74 Å². The van der Waals surface area contributed by atoms with E-state index in [1.807, 2.05) is 25.6 Å². The molecule has 4 nitrogen and oxygen atoms in total. The molecule has 30 heavy (non-hydrogen) atoms. The van der Waals surface area contributed by atoms with E-state index in [0.717, 1.165) is 48.8 Å². The van der Waals surface area contributed by atoms with Crippen molar-refractivity contribution in [3.8, 4) is 11.8 Å². The highest BCUT2D eigenvalue weighted by Crippen LogP contribution is 2.64. The Morgan fingerprint density at radius 2 is 1.97 bits per heavy atom. The number of ether oxygens (including phenoxy) is 1. The molecule has 1 saturated carbocycles. The van der Waals surface area contributed by atoms with Gasteiger partial charge in [0, 0.05) is 47.5 Å². The average molecular weight is 400 g/mol. The van der Waals surface area contributed by atoms with Gasteiger partial charge in [-0.25, -0.2) is 0 Å². The van der Waals surface area contributed by atoms with Gasteiger partial charge in [-0.05, 0) is 61.4 Å². The van der Waals surface area contributed by atoms with Gasteiger partial charge in [-0.3, -0.25) is 9.98 Å². The van der Waals surface area contributed by atoms with Gasteiger partial charge >= 0.3 is 0 Å². The molecule has 2 aromatic rings. The molecule has 0 amide bonds. The largest absolute Gasteiger partial charge is 0.383 e. The van der Waals surface area contributed by atoms with Crippen molar-refractivity contribution >= 4 is 5.84 Å². The minimum atomic E-state index is -0.468. The predicted octanol–water partition coefficient (Wildman–Crippen LogP) is 4.18. The summed E-state index contributed by atoms with van der Waals surface area (Å²) in [4.78, 5) is 9.75. The molecule has 4 heteroatoms. The Balaban J connectivity index is 1.72. The van der Waals surface area contributed by atoms with Crippen molar-refractivity contribution in [2.75, 3.05) is 7.11 Å². The summed E-state index contributed by atoms with van der Waals surface area (Å²) in [5.74, 6) is 7.63. The Hall–Kier alpha value is -2.64. The Labute approximate surface area is 179 Å². The van der Waals surface area contributed by atoms with Crippen molar-refractivity contribution in [2.24, 2.45) is 22.1 Å². The predicted molar refractivity (Wildman–Crippen MR) is 119 cm³/mol. The van der Waals surface area contributed by atoms with E-state index in [2.05, 4.69) is 48.9 Å². The lowest BCUT2D eigenvalue weighted by Gasteiger charge is -2.46. The Morgan fingerprint density at radius 3 is 2.70 bits per heavy atom. The number of aliphatic imine (C=N–C) groups is 1. The number of aromatic nitrogens is 1. The maximum Gasteiger partial charge on any atom is 0.127 e. The second kappa shape index (κ2) is 6.96. The van der Waals surface area contributed by atoms with Crippen LogP contribution in [0, 0.1) is 23.2 Å². The number of fused-ring (bicyclic) bond motifs is 5. The first kappa shape index (κ1) is 19.3. The molecule has 1 aromatic carbocycles. The van der Waals surface area contributed by atoms with Crippen LogP contribution in [0.25, 0.3) is 0 Å². The molecule has 1 aliphatic heterocycles. The first-order valence-electron chi connectivity index (χ1n) is 11.0. The highest BCUT2D eigenvalue weighted by molar-refractivity contribution is 6.02. The lowest BCUT2D eigenvalue weighted by atomic mass is 9.59. The smallest absolute Gasteiger partial charge is 0.127 e. The third-order valence-corrected chi connectivity index (χ3v) is 7.30. The quantitative estimate of drug-likeness (QED) is 0.732. The number of methoxy groups -OCH3 is 1. The number of hydrogen-bond acceptors (Lipinski definition) is 4. The number of rotatable bonds is 1. The van der Waals surface area contributed by atoms with Crippen LogP contribution >= 0.6 is 0 Å². The summed E-state index contributed by atoms with van der Waals surface area (Å²) >= 11 is 0. The fraction of sp³-hybridized carbons (Fsp3) is 0.462. The molecule has 2 aliphatic carbocycles. The van der Waals surface area contributed by atoms with E-state index in [1.165, 1.54) is 11.1 Å². The SMILES string of the molecule is COC1CCC2(CC1)Cc1ccc(C#CC(C)C)cc1C21N=C(N)c2ccncc21. The number of amidine groups is 1. The summed E-state index contributed by atoms with van der Waals surface area (Å²) in [6.45, 7) is 4.24. The van der Waals surface area contributed by atoms with Gasteiger partial charge in [0.2, 0.25) is 0 Å². The monoisotopic (exact) mass is 399 g/mol. The standard InChI is InChI=1S/C26H29N3O/c1-17(2)4-5-18-6-7-19-15-25(11-8-20(30-3)9-12-25)26(22(19)14-18)23-16-28-13-10-21(23)24(27)29-26/h6-7,10,13-14,16-17,20H,8-9,11-12,15H2,1-3H3,(H2,27,29). The lowest BCUT2D eigenvalue weighted by Crippen LogP contribution is -2.45. The van der Waals surface area contributed by atoms with Gasteiger partial charge in [0.05, 0.1) is 6.10 Å². The number of benzene rings is 1. The highest BCUT2D eigenvalue weighted by atomic mass is 16.5. The maximum absolute atomic E-state index is 6.51. The summed E-state index contributed by atoms with van der Waals surface area (Å²) in [5.41, 5.74) is 11.9. The molecule has 0 radical (unpaired) electrons. The van der Waals surface area contributed by atoms with Crippen LogP contribution in [0.4, 0.5) is 0 Å². The van der Waals surface area contributed by atoms with Gasteiger partial charge in [0.1, 0.15) is 11.4 Å². The van der Waals surface area contributed by atoms with Crippen LogP contribution in [0.1, 0.15) is 67.3 Å². The van der Waals surface area contributed by atoms with Crippen molar-refractivity contribution in [1.82, 2.24) is 4.98 Å². The van der Waals surface area contributed by atoms with E-state index in [4.69, 9.17) is 15.5 Å². The molecule has 3 aliphatic rings. The summed E-state index contributed by atoms with van der Waals surface area (Å²) in [6.07, 6.45) is 9.40. The summed E-state index contributed by atoms with van der Waals surface area (Å²) in [7, 11) is 1.83. The average Bonchev–Trinajstić information content (AvgIpc) is 3.20. The van der Waals surface area contributed by atoms with Crippen LogP contribution < -0.4 is 5.73 Å². The number of hydrogen-bond donors (Lipinski definition) is 1. The van der Waals surface area contributed by atoms with Crippen LogP contribution in [-0.2, 0) is 16.7 Å². The molecule has 0 saturated heterocycles. The Kier molecular flexibility index (Phi) is 4.48. The van der Waals surface area contributed by atoms with Crippen molar-refractivity contribution in [2.45, 2.75) is 57.6 Å². The van der Waals surface area contributed by atoms with E-state index in [1.54, 1.807) is 0 Å². The molecule has 2 heterocycles. The molecule has 1 atom stereocenters. The first-order chi connectivity index (χ1) is 14.5. The van der Waals surface area contributed by atoms with Crippen LogP contribution in [0.5, 0.6) is 0 Å². The van der Waals surface area contributed by atoms with Crippen LogP contribution in [-0.4, -0.2) is 24.0 Å². The number of nitrogens with zero attached hydrogens (tertiary/aromatic N) is 2. The van der Waals surface area contributed by atoms with Crippen molar-refractivity contribution in [3.63, 3.8) is 0 Å². The second-order valence-electron chi connectivity index (χ2n) is 9.32. The lowest BCUT2D eigenvalue weighted by molar-refractivity contribution is 0.00679. The molecule has 1 aromatic heterocycles. The zero-order valence-corrected chi connectivity index (χ0v) is 18.0. The maximum atomic E-state index is 6.51. The Bertz CT molecular complexity index is 1080. The fourth-order valence-corrected chi connectivity index (χ4v) is 5.89. The topological polar surface area (TPSA) is 60.5 Å². The molecule has 154 valence electrons. The van der Waals surface area contributed by atoms with E-state index in [-0.39, 0.29) is 5.41 Å². The van der Waals surface area contributed by atoms with Gasteiger partial charge < -0.3 is 10.5 Å². The van der Waals surface area contributed by atoms with Crippen LogP contribution in [0.3, 0.4) is 0 Å². The number of nitrogens with two attached hydrogens (primary N) is 1. The zero-order valence-electron chi connectivity index (χ0n) is 18.0. The van der Waals surface area contributed by atoms with Gasteiger partial charge in [-0.15, -0.1) is 0 Å². The van der Waals surface area contributed by atoms with E-state index in [9.17, 15) is 0 Å². The van der Waals surface area contributed by atoms with Gasteiger partial charge in [0.25, 0.3) is 0 Å². The zero-order chi connectivity index (χ0) is 20.9. The van der Waals surface area contributed by atoms with E-state index in [0.29, 0.717) is 17.9 Å². The summed E-state index contributed by atoms with van der Waals surface area (Å²) < 4.78 is 5.69. The minimum absolute atomic E-state index is 0.00731. The third-order valence-electron chi connectivity index (χ3n) is 7.30. The Morgan fingerprint density at radius 1 is 1.17 bits per heavy atom. The number of pyridine rings is 1. The second-order valence-corrected chi connectivity index (χ2v) is 9.32. The van der Waals surface area contributed by atoms with E-state index < -0.39 is 5.54 Å². The van der Waals surface area contributed by atoms with Crippen molar-refractivity contribution in [1.29, 1.82) is 0 Å². The molecule has 1 fully saturated rings. The molecular weight excluding hydrogens is 370 g/mol. The molecule has 1 unspecified atom stereocenters. The molecular formula is C26H29N3O. The van der Waals surface area contributed by atoms with Crippen molar-refractivity contribution in [3.05, 3.63) is 64.5 Å². The third kappa shape index (κ3) is 2.65. The summed E-state index contributed by atoms with van der Waals surface area (Å²) in [6, 6.07) is 8.70. The van der Waals surface area contributed by atoms with Gasteiger partial charge in [-0.2, -0.15) is 0 Å². The van der Waals surface area contributed by atoms with Crippen LogP contribution in [0.2, 0.25) is 0 Å². The van der Waals surface area contributed by atoms with Gasteiger partial charge in [0.15, 0.2) is 0 Å². The normalized spacial score (nSPS) is 28.9. The highest BCUT2D eigenvalue weighted by Gasteiger charge is 2.62. The molecule has 2 N–H and O–H groups in total. The molecule has 0 bridgehead atoms. The molecule has 2 spiro atoms. The summed E-state index contributed by atoms with van der Waals surface area (Å²) in [5, 5.41) is 0. The van der Waals surface area contributed by atoms with Gasteiger partial charge in [-0.1, -0.05) is 31.8 Å². The minimum Gasteiger partial charge on any atom is -0.383 e. The fourth-order valence-electron chi connectivity index (χ4n) is 5.89. The van der Waals surface area contributed by atoms with E-state index >= 15 is 0 Å². The molecule has 5 rings (SSSR count). The van der Waals surface area contributed by atoms with Crippen LogP contribution in [0.15, 0.2) is 41.7 Å².